The molecule has 0 radical (unpaired) electrons. The third kappa shape index (κ3) is 3.77. The van der Waals surface area contributed by atoms with Gasteiger partial charge in [-0.25, -0.2) is 0 Å². The van der Waals surface area contributed by atoms with Gasteiger partial charge in [-0.2, -0.15) is 0 Å². The van der Waals surface area contributed by atoms with Crippen LogP contribution in [0.1, 0.15) is 11.3 Å². The number of aromatic nitrogens is 1. The maximum atomic E-state index is 9.22. The highest BCUT2D eigenvalue weighted by Crippen LogP contribution is 2.17. The summed E-state index contributed by atoms with van der Waals surface area (Å²) in [4.78, 5) is 6.31. The number of rotatable bonds is 6. The lowest BCUT2D eigenvalue weighted by atomic mass is 10.2. The van der Waals surface area contributed by atoms with E-state index in [0.29, 0.717) is 13.1 Å². The van der Waals surface area contributed by atoms with E-state index in [1.807, 2.05) is 30.3 Å². The Kier molecular flexibility index (Phi) is 4.89. The second kappa shape index (κ2) is 6.87. The average molecular weight is 257 g/mol. The molecule has 19 heavy (non-hydrogen) atoms. The van der Waals surface area contributed by atoms with Gasteiger partial charge in [-0.15, -0.1) is 0 Å². The van der Waals surface area contributed by atoms with E-state index in [4.69, 9.17) is 5.73 Å². The molecular formula is C15H19N3O. The van der Waals surface area contributed by atoms with Crippen LogP contribution >= 0.6 is 0 Å². The minimum atomic E-state index is 0.118. The molecule has 0 aliphatic carbocycles. The van der Waals surface area contributed by atoms with Gasteiger partial charge in [0.05, 0.1) is 12.3 Å². The zero-order chi connectivity index (χ0) is 13.5. The van der Waals surface area contributed by atoms with Gasteiger partial charge < -0.3 is 15.7 Å². The summed E-state index contributed by atoms with van der Waals surface area (Å²) < 4.78 is 0. The summed E-state index contributed by atoms with van der Waals surface area (Å²) in [5.41, 5.74) is 8.72. The van der Waals surface area contributed by atoms with Crippen LogP contribution in [-0.4, -0.2) is 23.2 Å². The molecule has 1 heterocycles. The molecule has 0 saturated heterocycles. The Morgan fingerprint density at radius 2 is 1.95 bits per heavy atom. The van der Waals surface area contributed by atoms with Gasteiger partial charge in [-0.1, -0.05) is 30.3 Å². The van der Waals surface area contributed by atoms with Crippen molar-refractivity contribution in [3.8, 4) is 0 Å². The van der Waals surface area contributed by atoms with E-state index in [1.165, 1.54) is 5.56 Å². The highest BCUT2D eigenvalue weighted by molar-refractivity contribution is 5.47. The number of pyridine rings is 1. The normalized spacial score (nSPS) is 10.4. The molecule has 2 aromatic rings. The minimum absolute atomic E-state index is 0.118. The van der Waals surface area contributed by atoms with Gasteiger partial charge in [0.2, 0.25) is 0 Å². The Morgan fingerprint density at radius 3 is 2.63 bits per heavy atom. The molecule has 0 unspecified atom stereocenters. The average Bonchev–Trinajstić information content (AvgIpc) is 2.48. The molecule has 4 heteroatoms. The van der Waals surface area contributed by atoms with Crippen LogP contribution in [0.5, 0.6) is 0 Å². The number of nitrogens with two attached hydrogens (primary N) is 1. The molecule has 4 nitrogen and oxygen atoms in total. The Morgan fingerprint density at radius 1 is 1.16 bits per heavy atom. The summed E-state index contributed by atoms with van der Waals surface area (Å²) in [5.74, 6) is 0. The largest absolute Gasteiger partial charge is 0.395 e. The summed E-state index contributed by atoms with van der Waals surface area (Å²) in [7, 11) is 0. The number of nitrogens with zero attached hydrogens (tertiary/aromatic N) is 2. The van der Waals surface area contributed by atoms with Crippen molar-refractivity contribution in [1.82, 2.24) is 4.98 Å². The summed E-state index contributed by atoms with van der Waals surface area (Å²) >= 11 is 0. The second-order valence-corrected chi connectivity index (χ2v) is 4.34. The third-order valence-electron chi connectivity index (χ3n) is 2.96. The third-order valence-corrected chi connectivity index (χ3v) is 2.96. The molecule has 0 amide bonds. The van der Waals surface area contributed by atoms with E-state index in [1.54, 1.807) is 6.20 Å². The SMILES string of the molecule is NCc1cc(N(CCO)Cc2ccccc2)ccn1. The van der Waals surface area contributed by atoms with E-state index in [2.05, 4.69) is 22.0 Å². The van der Waals surface area contributed by atoms with E-state index in [0.717, 1.165) is 17.9 Å². The van der Waals surface area contributed by atoms with Crippen molar-refractivity contribution in [2.45, 2.75) is 13.1 Å². The fourth-order valence-electron chi connectivity index (χ4n) is 2.00. The molecule has 0 spiro atoms. The van der Waals surface area contributed by atoms with Crippen LogP contribution in [0.3, 0.4) is 0 Å². The van der Waals surface area contributed by atoms with Crippen LogP contribution < -0.4 is 10.6 Å². The lowest BCUT2D eigenvalue weighted by molar-refractivity contribution is 0.301. The van der Waals surface area contributed by atoms with Gasteiger partial charge in [0.15, 0.2) is 0 Å². The molecule has 1 aromatic heterocycles. The zero-order valence-electron chi connectivity index (χ0n) is 10.9. The predicted octanol–water partition coefficient (Wildman–Crippen LogP) is 1.54. The van der Waals surface area contributed by atoms with Crippen LogP contribution in [0.15, 0.2) is 48.7 Å². The molecule has 100 valence electrons. The maximum Gasteiger partial charge on any atom is 0.0606 e. The van der Waals surface area contributed by atoms with Crippen molar-refractivity contribution in [3.63, 3.8) is 0 Å². The summed E-state index contributed by atoms with van der Waals surface area (Å²) in [6.07, 6.45) is 1.76. The van der Waals surface area contributed by atoms with Crippen molar-refractivity contribution < 1.29 is 5.11 Å². The van der Waals surface area contributed by atoms with Crippen molar-refractivity contribution >= 4 is 5.69 Å². The summed E-state index contributed by atoms with van der Waals surface area (Å²) in [6.45, 7) is 1.89. The maximum absolute atomic E-state index is 9.22. The number of anilines is 1. The molecule has 0 aliphatic rings. The molecule has 0 bridgehead atoms. The van der Waals surface area contributed by atoms with Gasteiger partial charge in [-0.3, -0.25) is 4.98 Å². The predicted molar refractivity (Wildman–Crippen MR) is 76.7 cm³/mol. The van der Waals surface area contributed by atoms with Gasteiger partial charge in [0.25, 0.3) is 0 Å². The van der Waals surface area contributed by atoms with E-state index < -0.39 is 0 Å². The Balaban J connectivity index is 2.19. The fourth-order valence-corrected chi connectivity index (χ4v) is 2.00. The number of hydrogen-bond acceptors (Lipinski definition) is 4. The first-order valence-electron chi connectivity index (χ1n) is 6.38. The van der Waals surface area contributed by atoms with Crippen LogP contribution in [0.4, 0.5) is 5.69 Å². The molecule has 0 fully saturated rings. The van der Waals surface area contributed by atoms with Gasteiger partial charge in [-0.05, 0) is 17.7 Å². The number of hydrogen-bond donors (Lipinski definition) is 2. The van der Waals surface area contributed by atoms with E-state index in [9.17, 15) is 5.11 Å². The quantitative estimate of drug-likeness (QED) is 0.824. The molecule has 3 N–H and O–H groups in total. The standard InChI is InChI=1S/C15H19N3O/c16-11-14-10-15(6-7-17-14)18(8-9-19)12-13-4-2-1-3-5-13/h1-7,10,19H,8-9,11-12,16H2. The van der Waals surface area contributed by atoms with Crippen LogP contribution in [-0.2, 0) is 13.1 Å². The van der Waals surface area contributed by atoms with Crippen LogP contribution in [0, 0.1) is 0 Å². The number of benzene rings is 1. The van der Waals surface area contributed by atoms with Gasteiger partial charge in [0.1, 0.15) is 0 Å². The van der Waals surface area contributed by atoms with Crippen molar-refractivity contribution in [1.29, 1.82) is 0 Å². The fraction of sp³-hybridized carbons (Fsp3) is 0.267. The minimum Gasteiger partial charge on any atom is -0.395 e. The molecule has 1 aromatic carbocycles. The lowest BCUT2D eigenvalue weighted by Crippen LogP contribution is -2.26. The smallest absolute Gasteiger partial charge is 0.0606 e. The monoisotopic (exact) mass is 257 g/mol. The first-order valence-corrected chi connectivity index (χ1v) is 6.38. The van der Waals surface area contributed by atoms with Crippen molar-refractivity contribution in [3.05, 3.63) is 59.9 Å². The molecule has 0 atom stereocenters. The number of aliphatic hydroxyl groups is 1. The summed E-state index contributed by atoms with van der Waals surface area (Å²) in [6, 6.07) is 14.1. The first kappa shape index (κ1) is 13.5. The first-order chi connectivity index (χ1) is 9.33. The lowest BCUT2D eigenvalue weighted by Gasteiger charge is -2.24. The number of aliphatic hydroxyl groups excluding tert-OH is 1. The van der Waals surface area contributed by atoms with Crippen molar-refractivity contribution in [2.24, 2.45) is 5.73 Å². The topological polar surface area (TPSA) is 62.4 Å². The van der Waals surface area contributed by atoms with E-state index >= 15 is 0 Å². The van der Waals surface area contributed by atoms with Crippen LogP contribution in [0.2, 0.25) is 0 Å². The zero-order valence-corrected chi connectivity index (χ0v) is 10.9. The van der Waals surface area contributed by atoms with Crippen molar-refractivity contribution in [2.75, 3.05) is 18.1 Å². The Labute approximate surface area is 113 Å². The highest BCUT2D eigenvalue weighted by atomic mass is 16.3. The Bertz CT molecular complexity index is 502. The molecular weight excluding hydrogens is 238 g/mol. The van der Waals surface area contributed by atoms with Crippen LogP contribution in [0.25, 0.3) is 0 Å². The van der Waals surface area contributed by atoms with Gasteiger partial charge in [0, 0.05) is 31.5 Å². The summed E-state index contributed by atoms with van der Waals surface area (Å²) in [5, 5.41) is 9.22. The second-order valence-electron chi connectivity index (χ2n) is 4.34. The molecule has 0 saturated carbocycles. The molecule has 0 aliphatic heterocycles. The Hall–Kier alpha value is -1.91. The van der Waals surface area contributed by atoms with E-state index in [-0.39, 0.29) is 6.61 Å². The van der Waals surface area contributed by atoms with Gasteiger partial charge >= 0.3 is 0 Å². The molecule has 2 rings (SSSR count). The highest BCUT2D eigenvalue weighted by Gasteiger charge is 2.07.